The third-order valence-electron chi connectivity index (χ3n) is 5.37. The first-order chi connectivity index (χ1) is 16.8. The molecule has 1 atom stereocenters. The zero-order valence-corrected chi connectivity index (χ0v) is 20.9. The number of alkyl halides is 4. The average molecular weight is 561 g/mol. The Morgan fingerprint density at radius 1 is 1.14 bits per heavy atom. The van der Waals surface area contributed by atoms with E-state index in [0.29, 0.717) is 23.6 Å². The molecular formula is C24H18Cl2F4N2O3S. The molecule has 0 saturated carbocycles. The van der Waals surface area contributed by atoms with Crippen molar-refractivity contribution in [2.24, 2.45) is 0 Å². The Balaban J connectivity index is 1.63. The van der Waals surface area contributed by atoms with E-state index in [9.17, 15) is 26.0 Å². The number of ether oxygens (including phenoxy) is 1. The second kappa shape index (κ2) is 9.91. The molecule has 0 amide bonds. The van der Waals surface area contributed by atoms with Crippen molar-refractivity contribution in [2.75, 3.05) is 6.26 Å². The van der Waals surface area contributed by atoms with Gasteiger partial charge in [-0.3, -0.25) is 0 Å². The van der Waals surface area contributed by atoms with Crippen molar-refractivity contribution in [3.05, 3.63) is 82.8 Å². The normalized spacial score (nSPS) is 16.5. The monoisotopic (exact) mass is 560 g/mol. The van der Waals surface area contributed by atoms with Crippen LogP contribution in [-0.2, 0) is 22.6 Å². The number of sulfone groups is 1. The number of hydrogen-bond donors (Lipinski definition) is 0. The maximum Gasteiger partial charge on any atom is 0.435 e. The van der Waals surface area contributed by atoms with Gasteiger partial charge in [0.15, 0.2) is 15.5 Å². The molecule has 0 spiro atoms. The van der Waals surface area contributed by atoms with Gasteiger partial charge >= 0.3 is 6.18 Å². The van der Waals surface area contributed by atoms with Crippen LogP contribution in [0.4, 0.5) is 17.6 Å². The molecule has 190 valence electrons. The van der Waals surface area contributed by atoms with Gasteiger partial charge in [-0.2, -0.15) is 18.3 Å². The van der Waals surface area contributed by atoms with Crippen LogP contribution in [0.3, 0.4) is 0 Å². The molecule has 0 aliphatic heterocycles. The SMILES string of the molecule is CS(=O)(=O)c1cccc(-c2ccc(COc3cc(C(F)(F)F)nn3C3=C(Cl)C=CCC3Cl)c(F)c2)c1. The van der Waals surface area contributed by atoms with E-state index in [1.165, 1.54) is 30.3 Å². The summed E-state index contributed by atoms with van der Waals surface area (Å²) in [5, 5.41) is 2.95. The van der Waals surface area contributed by atoms with Crippen molar-refractivity contribution in [3.8, 4) is 17.0 Å². The van der Waals surface area contributed by atoms with Crippen molar-refractivity contribution in [1.82, 2.24) is 9.78 Å². The van der Waals surface area contributed by atoms with Crippen LogP contribution in [0, 0.1) is 5.82 Å². The van der Waals surface area contributed by atoms with Crippen LogP contribution in [0.25, 0.3) is 16.8 Å². The summed E-state index contributed by atoms with van der Waals surface area (Å²) in [5.74, 6) is -0.992. The first-order valence-corrected chi connectivity index (χ1v) is 13.1. The van der Waals surface area contributed by atoms with Crippen LogP contribution in [-0.4, -0.2) is 29.8 Å². The molecule has 1 unspecified atom stereocenters. The number of nitrogens with zero attached hydrogens (tertiary/aromatic N) is 2. The minimum absolute atomic E-state index is 0.0605. The van der Waals surface area contributed by atoms with Crippen molar-refractivity contribution in [1.29, 1.82) is 0 Å². The fraction of sp³-hybridized carbons (Fsp3) is 0.208. The van der Waals surface area contributed by atoms with Crippen molar-refractivity contribution in [2.45, 2.75) is 29.5 Å². The molecule has 2 aromatic carbocycles. The van der Waals surface area contributed by atoms with E-state index < -0.39 is 39.5 Å². The van der Waals surface area contributed by atoms with Crippen LogP contribution in [0.2, 0.25) is 0 Å². The highest BCUT2D eigenvalue weighted by molar-refractivity contribution is 7.90. The standard InChI is InChI=1S/C24H18Cl2F4N2O3S/c1-36(33,34)17-5-2-4-14(10-17)15-8-9-16(20(27)11-15)13-35-22-12-21(24(28,29)30)31-32(22)23-18(25)6-3-7-19(23)26/h2-6,8-12,19H,7,13H2,1H3. The number of allylic oxidation sites excluding steroid dienone is 4. The van der Waals surface area contributed by atoms with Crippen LogP contribution < -0.4 is 4.74 Å². The van der Waals surface area contributed by atoms with Gasteiger partial charge in [-0.1, -0.05) is 41.9 Å². The van der Waals surface area contributed by atoms with E-state index in [4.69, 9.17) is 27.9 Å². The number of benzene rings is 2. The van der Waals surface area contributed by atoms with Crippen LogP contribution in [0.15, 0.2) is 70.6 Å². The van der Waals surface area contributed by atoms with Gasteiger partial charge < -0.3 is 4.74 Å². The molecule has 0 bridgehead atoms. The molecule has 12 heteroatoms. The molecule has 36 heavy (non-hydrogen) atoms. The Labute approximate surface area is 214 Å². The van der Waals surface area contributed by atoms with E-state index >= 15 is 0 Å². The van der Waals surface area contributed by atoms with Gasteiger partial charge in [-0.25, -0.2) is 17.5 Å². The summed E-state index contributed by atoms with van der Waals surface area (Å²) < 4.78 is 85.0. The molecular weight excluding hydrogens is 543 g/mol. The molecule has 1 aliphatic carbocycles. The maximum absolute atomic E-state index is 14.9. The Kier molecular flexibility index (Phi) is 7.23. The summed E-state index contributed by atoms with van der Waals surface area (Å²) in [6.07, 6.45) is -0.172. The molecule has 1 aliphatic rings. The second-order valence-electron chi connectivity index (χ2n) is 8.01. The Bertz CT molecular complexity index is 1480. The number of aromatic nitrogens is 2. The molecule has 0 N–H and O–H groups in total. The largest absolute Gasteiger partial charge is 0.473 e. The van der Waals surface area contributed by atoms with E-state index in [1.807, 2.05) is 0 Å². The molecule has 1 aromatic heterocycles. The Morgan fingerprint density at radius 3 is 2.50 bits per heavy atom. The summed E-state index contributed by atoms with van der Waals surface area (Å²) in [6.45, 7) is -0.411. The highest BCUT2D eigenvalue weighted by Gasteiger charge is 2.37. The lowest BCUT2D eigenvalue weighted by atomic mass is 10.0. The third-order valence-corrected chi connectivity index (χ3v) is 7.18. The van der Waals surface area contributed by atoms with Gasteiger partial charge in [0, 0.05) is 17.9 Å². The van der Waals surface area contributed by atoms with Crippen LogP contribution in [0.1, 0.15) is 17.7 Å². The molecule has 5 nitrogen and oxygen atoms in total. The van der Waals surface area contributed by atoms with Gasteiger partial charge in [0.1, 0.15) is 12.4 Å². The Hall–Kier alpha value is -2.82. The molecule has 3 aromatic rings. The lowest BCUT2D eigenvalue weighted by Gasteiger charge is -2.19. The summed E-state index contributed by atoms with van der Waals surface area (Å²) >= 11 is 12.5. The van der Waals surface area contributed by atoms with E-state index in [-0.39, 0.29) is 27.1 Å². The zero-order chi connectivity index (χ0) is 26.3. The first kappa shape index (κ1) is 26.2. The van der Waals surface area contributed by atoms with Crippen molar-refractivity contribution in [3.63, 3.8) is 0 Å². The summed E-state index contributed by atoms with van der Waals surface area (Å²) in [7, 11) is -3.45. The smallest absolute Gasteiger partial charge is 0.435 e. The minimum Gasteiger partial charge on any atom is -0.473 e. The topological polar surface area (TPSA) is 61.2 Å². The van der Waals surface area contributed by atoms with E-state index in [1.54, 1.807) is 24.3 Å². The number of rotatable bonds is 6. The molecule has 1 heterocycles. The highest BCUT2D eigenvalue weighted by atomic mass is 35.5. The third kappa shape index (κ3) is 5.61. The van der Waals surface area contributed by atoms with Gasteiger partial charge in [0.25, 0.3) is 0 Å². The van der Waals surface area contributed by atoms with Gasteiger partial charge in [0.05, 0.1) is 21.0 Å². The van der Waals surface area contributed by atoms with Gasteiger partial charge in [-0.15, -0.1) is 11.6 Å². The van der Waals surface area contributed by atoms with Crippen molar-refractivity contribution >= 4 is 38.7 Å². The minimum atomic E-state index is -4.75. The van der Waals surface area contributed by atoms with Crippen LogP contribution in [0.5, 0.6) is 5.88 Å². The van der Waals surface area contributed by atoms with Crippen molar-refractivity contribution < 1.29 is 30.7 Å². The second-order valence-corrected chi connectivity index (χ2v) is 11.0. The summed E-state index contributed by atoms with van der Waals surface area (Å²) in [6, 6.07) is 10.9. The predicted molar refractivity (Wildman–Crippen MR) is 129 cm³/mol. The van der Waals surface area contributed by atoms with E-state index in [2.05, 4.69) is 5.10 Å². The number of halogens is 6. The first-order valence-electron chi connectivity index (χ1n) is 10.4. The quantitative estimate of drug-likeness (QED) is 0.249. The molecule has 0 saturated heterocycles. The fourth-order valence-electron chi connectivity index (χ4n) is 3.55. The number of hydrogen-bond acceptors (Lipinski definition) is 4. The van der Waals surface area contributed by atoms with Crippen LogP contribution >= 0.6 is 23.2 Å². The lowest BCUT2D eigenvalue weighted by molar-refractivity contribution is -0.141. The zero-order valence-electron chi connectivity index (χ0n) is 18.6. The molecule has 4 rings (SSSR count). The molecule has 0 fully saturated rings. The lowest BCUT2D eigenvalue weighted by Crippen LogP contribution is -2.16. The van der Waals surface area contributed by atoms with E-state index in [0.717, 1.165) is 10.9 Å². The Morgan fingerprint density at radius 2 is 1.86 bits per heavy atom. The predicted octanol–water partition coefficient (Wildman–Crippen LogP) is 6.67. The summed E-state index contributed by atoms with van der Waals surface area (Å²) in [4.78, 5) is 0.0877. The fourth-order valence-corrected chi connectivity index (χ4v) is 4.89. The highest BCUT2D eigenvalue weighted by Crippen LogP contribution is 2.37. The summed E-state index contributed by atoms with van der Waals surface area (Å²) in [5.41, 5.74) is -0.132. The maximum atomic E-state index is 14.9. The molecule has 0 radical (unpaired) electrons. The van der Waals surface area contributed by atoms with Gasteiger partial charge in [-0.05, 0) is 41.8 Å². The average Bonchev–Trinajstić information content (AvgIpc) is 3.22. The van der Waals surface area contributed by atoms with Gasteiger partial charge in [0.2, 0.25) is 5.88 Å².